The summed E-state index contributed by atoms with van der Waals surface area (Å²) in [6.07, 6.45) is 0. The van der Waals surface area contributed by atoms with Gasteiger partial charge in [0.15, 0.2) is 0 Å². The minimum absolute atomic E-state index is 0.00685. The molecule has 2 rings (SSSR count). The van der Waals surface area contributed by atoms with Gasteiger partial charge in [0.2, 0.25) is 0 Å². The van der Waals surface area contributed by atoms with E-state index in [2.05, 4.69) is 30.5 Å². The summed E-state index contributed by atoms with van der Waals surface area (Å²) < 4.78 is 0. The Morgan fingerprint density at radius 3 is 2.59 bits per heavy atom. The summed E-state index contributed by atoms with van der Waals surface area (Å²) in [5.74, 6) is 5.68. The molecule has 0 amide bonds. The quantitative estimate of drug-likeness (QED) is 0.658. The summed E-state index contributed by atoms with van der Waals surface area (Å²) in [6.45, 7) is 4.11. The molecule has 0 aliphatic heterocycles. The van der Waals surface area contributed by atoms with Crippen molar-refractivity contribution in [1.82, 2.24) is 5.43 Å². The zero-order valence-electron chi connectivity index (χ0n) is 9.83. The molecule has 0 radical (unpaired) electrons. The molecule has 1 aromatic heterocycles. The zero-order valence-corrected chi connectivity index (χ0v) is 11.4. The molecule has 0 bridgehead atoms. The van der Waals surface area contributed by atoms with Gasteiger partial charge in [-0.2, -0.15) is 0 Å². The molecule has 0 spiro atoms. The van der Waals surface area contributed by atoms with Crippen molar-refractivity contribution in [1.29, 1.82) is 0 Å². The first-order chi connectivity index (χ1) is 8.13. The van der Waals surface area contributed by atoms with Crippen molar-refractivity contribution in [3.8, 4) is 0 Å². The number of thiophene rings is 1. The van der Waals surface area contributed by atoms with E-state index in [1.165, 1.54) is 9.75 Å². The number of benzene rings is 1. The number of hydrogen-bond acceptors (Lipinski definition) is 3. The maximum Gasteiger partial charge on any atom is 0.0805 e. The van der Waals surface area contributed by atoms with Crippen molar-refractivity contribution in [2.75, 3.05) is 0 Å². The first-order valence-electron chi connectivity index (χ1n) is 5.41. The van der Waals surface area contributed by atoms with Crippen LogP contribution in [0.4, 0.5) is 0 Å². The Bertz CT molecular complexity index is 522. The fourth-order valence-corrected chi connectivity index (χ4v) is 3.01. The predicted octanol–water partition coefficient (Wildman–Crippen LogP) is 3.57. The molecule has 0 saturated heterocycles. The SMILES string of the molecule is Cc1ccc(C(NN)c2cccc(Cl)c2C)s1. The molecule has 1 heterocycles. The summed E-state index contributed by atoms with van der Waals surface area (Å²) in [4.78, 5) is 2.48. The second-order valence-corrected chi connectivity index (χ2v) is 5.73. The van der Waals surface area contributed by atoms with E-state index in [-0.39, 0.29) is 6.04 Å². The second-order valence-electron chi connectivity index (χ2n) is 4.00. The minimum Gasteiger partial charge on any atom is -0.271 e. The van der Waals surface area contributed by atoms with Gasteiger partial charge in [0, 0.05) is 14.8 Å². The Kier molecular flexibility index (Phi) is 3.84. The average Bonchev–Trinajstić information content (AvgIpc) is 2.72. The van der Waals surface area contributed by atoms with E-state index in [9.17, 15) is 0 Å². The highest BCUT2D eigenvalue weighted by atomic mass is 35.5. The van der Waals surface area contributed by atoms with Gasteiger partial charge in [0.25, 0.3) is 0 Å². The van der Waals surface area contributed by atoms with Crippen molar-refractivity contribution in [3.63, 3.8) is 0 Å². The summed E-state index contributed by atoms with van der Waals surface area (Å²) >= 11 is 7.89. The number of aryl methyl sites for hydroxylation is 1. The molecule has 0 fully saturated rings. The van der Waals surface area contributed by atoms with Crippen LogP contribution in [0.2, 0.25) is 5.02 Å². The molecule has 0 aliphatic rings. The van der Waals surface area contributed by atoms with Crippen molar-refractivity contribution in [3.05, 3.63) is 56.2 Å². The predicted molar refractivity (Wildman–Crippen MR) is 74.4 cm³/mol. The normalized spacial score (nSPS) is 12.7. The summed E-state index contributed by atoms with van der Waals surface area (Å²) in [5.41, 5.74) is 5.07. The largest absolute Gasteiger partial charge is 0.271 e. The standard InChI is InChI=1S/C13H15ClN2S/c1-8-6-7-12(17-8)13(16-15)10-4-3-5-11(14)9(10)2/h3-7,13,16H,15H2,1-2H3. The molecule has 1 unspecified atom stereocenters. The highest BCUT2D eigenvalue weighted by Gasteiger charge is 2.17. The van der Waals surface area contributed by atoms with Crippen LogP contribution < -0.4 is 11.3 Å². The van der Waals surface area contributed by atoms with Gasteiger partial charge >= 0.3 is 0 Å². The average molecular weight is 267 g/mol. The van der Waals surface area contributed by atoms with E-state index < -0.39 is 0 Å². The molecule has 0 saturated carbocycles. The first-order valence-corrected chi connectivity index (χ1v) is 6.60. The lowest BCUT2D eigenvalue weighted by Gasteiger charge is -2.17. The molecule has 4 heteroatoms. The maximum atomic E-state index is 6.14. The highest BCUT2D eigenvalue weighted by Crippen LogP contribution is 2.31. The van der Waals surface area contributed by atoms with Gasteiger partial charge in [-0.1, -0.05) is 23.7 Å². The molecule has 90 valence electrons. The number of nitrogens with two attached hydrogens (primary N) is 1. The molecular formula is C13H15ClN2S. The molecule has 2 nitrogen and oxygen atoms in total. The lowest BCUT2D eigenvalue weighted by Crippen LogP contribution is -2.28. The number of hydrogen-bond donors (Lipinski definition) is 2. The van der Waals surface area contributed by atoms with Crippen LogP contribution >= 0.6 is 22.9 Å². The molecule has 3 N–H and O–H groups in total. The Balaban J connectivity index is 2.45. The van der Waals surface area contributed by atoms with Crippen LogP contribution in [0.25, 0.3) is 0 Å². The van der Waals surface area contributed by atoms with Gasteiger partial charge in [0.1, 0.15) is 0 Å². The third kappa shape index (κ3) is 2.53. The van der Waals surface area contributed by atoms with E-state index in [4.69, 9.17) is 17.4 Å². The highest BCUT2D eigenvalue weighted by molar-refractivity contribution is 7.12. The van der Waals surface area contributed by atoms with Crippen molar-refractivity contribution in [2.24, 2.45) is 5.84 Å². The van der Waals surface area contributed by atoms with Gasteiger partial charge in [-0.15, -0.1) is 11.3 Å². The molecular weight excluding hydrogens is 252 g/mol. The smallest absolute Gasteiger partial charge is 0.0805 e. The molecule has 1 atom stereocenters. The number of halogens is 1. The third-order valence-electron chi connectivity index (χ3n) is 2.83. The second kappa shape index (κ2) is 5.19. The molecule has 1 aromatic carbocycles. The molecule has 17 heavy (non-hydrogen) atoms. The fraction of sp³-hybridized carbons (Fsp3) is 0.231. The van der Waals surface area contributed by atoms with E-state index >= 15 is 0 Å². The van der Waals surface area contributed by atoms with E-state index in [1.54, 1.807) is 11.3 Å². The van der Waals surface area contributed by atoms with Gasteiger partial charge in [-0.25, -0.2) is 5.43 Å². The van der Waals surface area contributed by atoms with E-state index in [1.807, 2.05) is 19.1 Å². The zero-order chi connectivity index (χ0) is 12.4. The molecule has 0 aliphatic carbocycles. The number of rotatable bonds is 3. The lowest BCUT2D eigenvalue weighted by atomic mass is 10.0. The van der Waals surface area contributed by atoms with Crippen molar-refractivity contribution >= 4 is 22.9 Å². The Hall–Kier alpha value is -0.870. The van der Waals surface area contributed by atoms with Gasteiger partial charge in [-0.3, -0.25) is 5.84 Å². The number of nitrogens with one attached hydrogen (secondary N) is 1. The van der Waals surface area contributed by atoms with Crippen LogP contribution in [0.5, 0.6) is 0 Å². The van der Waals surface area contributed by atoms with Crippen LogP contribution in [0.3, 0.4) is 0 Å². The van der Waals surface area contributed by atoms with Crippen LogP contribution in [-0.4, -0.2) is 0 Å². The summed E-state index contributed by atoms with van der Waals surface area (Å²) in [5, 5.41) is 0.774. The Morgan fingerprint density at radius 1 is 1.24 bits per heavy atom. The number of hydrazine groups is 1. The fourth-order valence-electron chi connectivity index (χ4n) is 1.87. The van der Waals surface area contributed by atoms with Gasteiger partial charge in [0.05, 0.1) is 6.04 Å². The topological polar surface area (TPSA) is 38.0 Å². The minimum atomic E-state index is 0.00685. The van der Waals surface area contributed by atoms with Crippen LogP contribution in [0, 0.1) is 13.8 Å². The third-order valence-corrected chi connectivity index (χ3v) is 4.31. The van der Waals surface area contributed by atoms with Gasteiger partial charge < -0.3 is 0 Å². The Labute approximate surface area is 110 Å². The molecule has 2 aromatic rings. The van der Waals surface area contributed by atoms with Crippen LogP contribution in [-0.2, 0) is 0 Å². The lowest BCUT2D eigenvalue weighted by molar-refractivity contribution is 0.643. The summed E-state index contributed by atoms with van der Waals surface area (Å²) in [7, 11) is 0. The maximum absolute atomic E-state index is 6.14. The monoisotopic (exact) mass is 266 g/mol. The van der Waals surface area contributed by atoms with Crippen LogP contribution in [0.1, 0.15) is 26.9 Å². The van der Waals surface area contributed by atoms with E-state index in [0.717, 1.165) is 16.1 Å². The van der Waals surface area contributed by atoms with Crippen LogP contribution in [0.15, 0.2) is 30.3 Å². The van der Waals surface area contributed by atoms with E-state index in [0.29, 0.717) is 0 Å². The van der Waals surface area contributed by atoms with Crippen molar-refractivity contribution in [2.45, 2.75) is 19.9 Å². The van der Waals surface area contributed by atoms with Crippen molar-refractivity contribution < 1.29 is 0 Å². The first kappa shape index (κ1) is 12.6. The Morgan fingerprint density at radius 2 is 2.00 bits per heavy atom. The summed E-state index contributed by atoms with van der Waals surface area (Å²) in [6, 6.07) is 10.1. The van der Waals surface area contributed by atoms with Gasteiger partial charge in [-0.05, 0) is 43.2 Å².